The van der Waals surface area contributed by atoms with Gasteiger partial charge >= 0.3 is 0 Å². The van der Waals surface area contributed by atoms with Gasteiger partial charge in [-0.1, -0.05) is 66.7 Å². The molecule has 1 saturated heterocycles. The van der Waals surface area contributed by atoms with Crippen LogP contribution in [0.2, 0.25) is 0 Å². The maximum Gasteiger partial charge on any atom is 0.234 e. The third-order valence-corrected chi connectivity index (χ3v) is 5.55. The van der Waals surface area contributed by atoms with Gasteiger partial charge in [-0.2, -0.15) is 0 Å². The first-order chi connectivity index (χ1) is 15.2. The number of furan rings is 1. The van der Waals surface area contributed by atoms with Crippen molar-refractivity contribution in [3.8, 4) is 0 Å². The van der Waals surface area contributed by atoms with Gasteiger partial charge in [-0.05, 0) is 18.6 Å². The van der Waals surface area contributed by atoms with Crippen molar-refractivity contribution >= 4 is 34.2 Å². The zero-order valence-electron chi connectivity index (χ0n) is 16.7. The number of nitrogens with one attached hydrogen (secondary N) is 1. The van der Waals surface area contributed by atoms with Gasteiger partial charge in [0.1, 0.15) is 5.58 Å². The molecule has 2 amide bonds. The first-order valence-corrected chi connectivity index (χ1v) is 10.2. The minimum Gasteiger partial charge on any atom is -0.464 e. The van der Waals surface area contributed by atoms with E-state index in [0.717, 1.165) is 33.5 Å². The minimum atomic E-state index is -0.438. The maximum atomic E-state index is 12.5. The summed E-state index contributed by atoms with van der Waals surface area (Å²) in [5.74, 6) is -0.959. The number of fused-ring (bicyclic) bond motifs is 1. The Morgan fingerprint density at radius 3 is 2.19 bits per heavy atom. The SMILES string of the molecule is O=C1CCC(c2coc3cccc(N=C(c4ccccc4)c4ccccc4)c23)C(=O)N1. The van der Waals surface area contributed by atoms with E-state index in [2.05, 4.69) is 5.32 Å². The molecule has 1 aromatic heterocycles. The summed E-state index contributed by atoms with van der Waals surface area (Å²) in [6.45, 7) is 0. The van der Waals surface area contributed by atoms with Crippen molar-refractivity contribution < 1.29 is 14.0 Å². The highest BCUT2D eigenvalue weighted by molar-refractivity contribution is 6.15. The number of carbonyl (C=O) groups is 2. The van der Waals surface area contributed by atoms with Gasteiger partial charge in [-0.3, -0.25) is 14.9 Å². The van der Waals surface area contributed by atoms with Gasteiger partial charge in [-0.15, -0.1) is 0 Å². The predicted octanol–water partition coefficient (Wildman–Crippen LogP) is 5.12. The van der Waals surface area contributed by atoms with Gasteiger partial charge in [0.25, 0.3) is 0 Å². The largest absolute Gasteiger partial charge is 0.464 e. The molecule has 5 rings (SSSR count). The molecular weight excluding hydrogens is 388 g/mol. The first-order valence-electron chi connectivity index (χ1n) is 10.2. The number of rotatable bonds is 4. The van der Waals surface area contributed by atoms with Crippen LogP contribution in [0, 0.1) is 0 Å². The second kappa shape index (κ2) is 8.03. The topological polar surface area (TPSA) is 71.7 Å². The van der Waals surface area contributed by atoms with Gasteiger partial charge in [0.15, 0.2) is 0 Å². The third-order valence-electron chi connectivity index (χ3n) is 5.55. The van der Waals surface area contributed by atoms with Crippen LogP contribution in [0.5, 0.6) is 0 Å². The quantitative estimate of drug-likeness (QED) is 0.376. The Morgan fingerprint density at radius 2 is 1.55 bits per heavy atom. The van der Waals surface area contributed by atoms with Crippen molar-refractivity contribution in [1.82, 2.24) is 5.32 Å². The summed E-state index contributed by atoms with van der Waals surface area (Å²) in [6, 6.07) is 25.7. The summed E-state index contributed by atoms with van der Waals surface area (Å²) < 4.78 is 5.78. The standard InChI is InChI=1S/C26H20N2O3/c29-23-15-14-19(26(30)28-23)20-16-31-22-13-7-12-21(24(20)22)27-25(17-8-3-1-4-9-17)18-10-5-2-6-11-18/h1-13,16,19H,14-15H2,(H,28,29,30). The molecule has 1 fully saturated rings. The molecule has 1 N–H and O–H groups in total. The molecule has 31 heavy (non-hydrogen) atoms. The summed E-state index contributed by atoms with van der Waals surface area (Å²) in [5.41, 5.74) is 4.99. The highest BCUT2D eigenvalue weighted by Gasteiger charge is 2.31. The number of carbonyl (C=O) groups excluding carboxylic acids is 2. The number of benzene rings is 3. The van der Waals surface area contributed by atoms with Crippen LogP contribution in [0.4, 0.5) is 5.69 Å². The lowest BCUT2D eigenvalue weighted by molar-refractivity contribution is -0.134. The van der Waals surface area contributed by atoms with Crippen LogP contribution in [-0.4, -0.2) is 17.5 Å². The molecule has 3 aromatic carbocycles. The predicted molar refractivity (Wildman–Crippen MR) is 120 cm³/mol. The number of imide groups is 1. The Kier molecular flexibility index (Phi) is 4.92. The van der Waals surface area contributed by atoms with E-state index in [9.17, 15) is 9.59 Å². The van der Waals surface area contributed by atoms with E-state index < -0.39 is 5.92 Å². The van der Waals surface area contributed by atoms with Gasteiger partial charge in [-0.25, -0.2) is 4.99 Å². The Morgan fingerprint density at radius 1 is 0.871 bits per heavy atom. The molecule has 5 nitrogen and oxygen atoms in total. The highest BCUT2D eigenvalue weighted by atomic mass is 16.3. The molecule has 1 atom stereocenters. The molecule has 1 unspecified atom stereocenters. The van der Waals surface area contributed by atoms with Gasteiger partial charge in [0, 0.05) is 28.5 Å². The molecule has 5 heteroatoms. The number of nitrogens with zero attached hydrogens (tertiary/aromatic N) is 1. The Bertz CT molecular complexity index is 1250. The lowest BCUT2D eigenvalue weighted by atomic mass is 9.90. The molecule has 152 valence electrons. The lowest BCUT2D eigenvalue weighted by Gasteiger charge is -2.20. The highest BCUT2D eigenvalue weighted by Crippen LogP contribution is 2.38. The fourth-order valence-electron chi connectivity index (χ4n) is 4.04. The van der Waals surface area contributed by atoms with E-state index in [-0.39, 0.29) is 11.8 Å². The van der Waals surface area contributed by atoms with E-state index in [1.54, 1.807) is 6.26 Å². The average Bonchev–Trinajstić information content (AvgIpc) is 3.23. The van der Waals surface area contributed by atoms with Gasteiger partial charge in [0.05, 0.1) is 23.6 Å². The van der Waals surface area contributed by atoms with Crippen LogP contribution in [0.1, 0.15) is 35.4 Å². The molecule has 0 aliphatic carbocycles. The number of amides is 2. The number of piperidine rings is 1. The van der Waals surface area contributed by atoms with Crippen LogP contribution in [0.3, 0.4) is 0 Å². The second-order valence-electron chi connectivity index (χ2n) is 7.54. The van der Waals surface area contributed by atoms with Gasteiger partial charge in [0.2, 0.25) is 11.8 Å². The Hall–Kier alpha value is -3.99. The zero-order chi connectivity index (χ0) is 21.2. The number of aliphatic imine (C=N–C) groups is 1. The van der Waals surface area contributed by atoms with Crippen molar-refractivity contribution in [1.29, 1.82) is 0 Å². The second-order valence-corrected chi connectivity index (χ2v) is 7.54. The third kappa shape index (κ3) is 3.66. The van der Waals surface area contributed by atoms with Crippen molar-refractivity contribution in [3.63, 3.8) is 0 Å². The van der Waals surface area contributed by atoms with Crippen LogP contribution in [0.15, 0.2) is 94.5 Å². The van der Waals surface area contributed by atoms with Crippen molar-refractivity contribution in [3.05, 3.63) is 102 Å². The summed E-state index contributed by atoms with van der Waals surface area (Å²) in [7, 11) is 0. The van der Waals surface area contributed by atoms with Crippen LogP contribution < -0.4 is 5.32 Å². The van der Waals surface area contributed by atoms with Crippen molar-refractivity contribution in [2.45, 2.75) is 18.8 Å². The average molecular weight is 408 g/mol. The summed E-state index contributed by atoms with van der Waals surface area (Å²) in [4.78, 5) is 29.2. The summed E-state index contributed by atoms with van der Waals surface area (Å²) in [5, 5.41) is 3.25. The van der Waals surface area contributed by atoms with E-state index in [0.29, 0.717) is 18.4 Å². The summed E-state index contributed by atoms with van der Waals surface area (Å²) >= 11 is 0. The lowest BCUT2D eigenvalue weighted by Crippen LogP contribution is -2.39. The smallest absolute Gasteiger partial charge is 0.234 e. The molecule has 4 aromatic rings. The number of hydrogen-bond acceptors (Lipinski definition) is 4. The normalized spacial score (nSPS) is 16.2. The molecule has 2 heterocycles. The Labute approximate surface area is 179 Å². The molecular formula is C26H20N2O3. The summed E-state index contributed by atoms with van der Waals surface area (Å²) in [6.07, 6.45) is 2.39. The Balaban J connectivity index is 1.69. The molecule has 0 saturated carbocycles. The molecule has 0 radical (unpaired) electrons. The van der Waals surface area contributed by atoms with E-state index in [1.807, 2.05) is 78.9 Å². The van der Waals surface area contributed by atoms with Crippen molar-refractivity contribution in [2.75, 3.05) is 0 Å². The van der Waals surface area contributed by atoms with Crippen LogP contribution in [0.25, 0.3) is 11.0 Å². The van der Waals surface area contributed by atoms with Gasteiger partial charge < -0.3 is 4.42 Å². The minimum absolute atomic E-state index is 0.234. The monoisotopic (exact) mass is 408 g/mol. The van der Waals surface area contributed by atoms with Crippen molar-refractivity contribution in [2.24, 2.45) is 4.99 Å². The van der Waals surface area contributed by atoms with E-state index in [1.165, 1.54) is 0 Å². The van der Waals surface area contributed by atoms with Crippen LogP contribution in [-0.2, 0) is 9.59 Å². The van der Waals surface area contributed by atoms with E-state index in [4.69, 9.17) is 9.41 Å². The maximum absolute atomic E-state index is 12.5. The zero-order valence-corrected chi connectivity index (χ0v) is 16.7. The first kappa shape index (κ1) is 19.0. The number of hydrogen-bond donors (Lipinski definition) is 1. The molecule has 1 aliphatic rings. The molecule has 1 aliphatic heterocycles. The van der Waals surface area contributed by atoms with Crippen LogP contribution >= 0.6 is 0 Å². The molecule has 0 spiro atoms. The fourth-order valence-corrected chi connectivity index (χ4v) is 4.04. The fraction of sp³-hybridized carbons (Fsp3) is 0.115. The molecule has 0 bridgehead atoms. The van der Waals surface area contributed by atoms with E-state index >= 15 is 0 Å².